The summed E-state index contributed by atoms with van der Waals surface area (Å²) in [5, 5.41) is 1.40. The molecule has 0 aliphatic heterocycles. The lowest BCUT2D eigenvalue weighted by molar-refractivity contribution is 0.596. The first-order valence-corrected chi connectivity index (χ1v) is 7.20. The second-order valence-electron chi connectivity index (χ2n) is 3.84. The van der Waals surface area contributed by atoms with E-state index in [9.17, 15) is 8.42 Å². The van der Waals surface area contributed by atoms with Crippen molar-refractivity contribution in [3.63, 3.8) is 0 Å². The summed E-state index contributed by atoms with van der Waals surface area (Å²) in [7, 11) is -3.41. The quantitative estimate of drug-likeness (QED) is 0.649. The maximum absolute atomic E-state index is 12.1. The molecule has 0 bridgehead atoms. The first kappa shape index (κ1) is 12.3. The minimum atomic E-state index is -3.41. The van der Waals surface area contributed by atoms with Crippen molar-refractivity contribution in [1.82, 2.24) is 0 Å². The van der Waals surface area contributed by atoms with E-state index in [1.54, 1.807) is 31.2 Å². The van der Waals surface area contributed by atoms with Crippen LogP contribution in [-0.4, -0.2) is 13.0 Å². The van der Waals surface area contributed by atoms with Crippen molar-refractivity contribution < 1.29 is 8.42 Å². The number of fused-ring (bicyclic) bond motifs is 1. The number of thiol groups is 1. The zero-order chi connectivity index (χ0) is 12.6. The first-order chi connectivity index (χ1) is 7.94. The molecule has 0 aliphatic carbocycles. The van der Waals surface area contributed by atoms with E-state index < -0.39 is 14.4 Å². The molecule has 0 aromatic heterocycles. The average Bonchev–Trinajstić information content (AvgIpc) is 2.29. The van der Waals surface area contributed by atoms with Gasteiger partial charge in [-0.3, -0.25) is 0 Å². The Hall–Kier alpha value is -1.20. The standard InChI is InChI=1S/C12H13NO2S2/c1-8(16)17(14,15)12-7-6-11(13)9-4-2-3-5-10(9)12/h2-8,16H,13H2,1H3. The number of nitrogens with two attached hydrogens (primary N) is 1. The molecule has 0 saturated heterocycles. The summed E-state index contributed by atoms with van der Waals surface area (Å²) in [5.74, 6) is 0. The molecule has 90 valence electrons. The molecule has 0 amide bonds. The Balaban J connectivity index is 2.86. The van der Waals surface area contributed by atoms with Gasteiger partial charge in [0, 0.05) is 16.5 Å². The van der Waals surface area contributed by atoms with E-state index in [-0.39, 0.29) is 4.90 Å². The fourth-order valence-corrected chi connectivity index (χ4v) is 3.18. The Labute approximate surface area is 106 Å². The molecule has 2 rings (SSSR count). The molecule has 0 saturated carbocycles. The Bertz CT molecular complexity index is 663. The largest absolute Gasteiger partial charge is 0.398 e. The number of hydrogen-bond donors (Lipinski definition) is 2. The van der Waals surface area contributed by atoms with Gasteiger partial charge in [0.05, 0.1) is 4.90 Å². The van der Waals surface area contributed by atoms with E-state index in [2.05, 4.69) is 12.6 Å². The molecular formula is C12H13NO2S2. The smallest absolute Gasteiger partial charge is 0.190 e. The summed E-state index contributed by atoms with van der Waals surface area (Å²) in [4.78, 5) is 0.282. The molecule has 0 aliphatic rings. The zero-order valence-electron chi connectivity index (χ0n) is 9.29. The number of anilines is 1. The molecule has 5 heteroatoms. The van der Waals surface area contributed by atoms with Crippen LogP contribution in [0.15, 0.2) is 41.3 Å². The van der Waals surface area contributed by atoms with Crippen LogP contribution in [0.2, 0.25) is 0 Å². The third-order valence-corrected chi connectivity index (χ3v) is 5.37. The Morgan fingerprint density at radius 1 is 1.12 bits per heavy atom. The molecular weight excluding hydrogens is 254 g/mol. The van der Waals surface area contributed by atoms with Crippen LogP contribution in [0.5, 0.6) is 0 Å². The van der Waals surface area contributed by atoms with E-state index in [0.29, 0.717) is 11.1 Å². The molecule has 0 spiro atoms. The SMILES string of the molecule is CC(S)S(=O)(=O)c1ccc(N)c2ccccc12. The van der Waals surface area contributed by atoms with Crippen LogP contribution in [-0.2, 0) is 9.84 Å². The predicted octanol–water partition coefficient (Wildman–Crippen LogP) is 2.47. The first-order valence-electron chi connectivity index (χ1n) is 5.14. The van der Waals surface area contributed by atoms with Gasteiger partial charge in [-0.15, -0.1) is 0 Å². The molecule has 2 aromatic carbocycles. The summed E-state index contributed by atoms with van der Waals surface area (Å²) in [6.07, 6.45) is 0. The summed E-state index contributed by atoms with van der Waals surface area (Å²) < 4.78 is 23.5. The van der Waals surface area contributed by atoms with Crippen molar-refractivity contribution in [2.24, 2.45) is 0 Å². The third-order valence-electron chi connectivity index (χ3n) is 2.67. The van der Waals surface area contributed by atoms with E-state index in [0.717, 1.165) is 5.39 Å². The Morgan fingerprint density at radius 2 is 1.71 bits per heavy atom. The molecule has 17 heavy (non-hydrogen) atoms. The van der Waals surface area contributed by atoms with Gasteiger partial charge in [0.1, 0.15) is 4.58 Å². The van der Waals surface area contributed by atoms with Gasteiger partial charge in [-0.1, -0.05) is 24.3 Å². The second kappa shape index (κ2) is 4.23. The number of benzene rings is 2. The van der Waals surface area contributed by atoms with Crippen molar-refractivity contribution in [1.29, 1.82) is 0 Å². The lowest BCUT2D eigenvalue weighted by atomic mass is 10.1. The molecule has 1 atom stereocenters. The normalized spacial score (nSPS) is 13.8. The molecule has 0 fully saturated rings. The van der Waals surface area contributed by atoms with Gasteiger partial charge in [-0.05, 0) is 19.1 Å². The van der Waals surface area contributed by atoms with Gasteiger partial charge in [-0.2, -0.15) is 12.6 Å². The highest BCUT2D eigenvalue weighted by Gasteiger charge is 2.22. The van der Waals surface area contributed by atoms with Gasteiger partial charge >= 0.3 is 0 Å². The lowest BCUT2D eigenvalue weighted by Gasteiger charge is -2.11. The number of nitrogen functional groups attached to an aromatic ring is 1. The van der Waals surface area contributed by atoms with Crippen LogP contribution in [0.1, 0.15) is 6.92 Å². The lowest BCUT2D eigenvalue weighted by Crippen LogP contribution is -2.12. The number of sulfone groups is 1. The van der Waals surface area contributed by atoms with E-state index >= 15 is 0 Å². The van der Waals surface area contributed by atoms with Crippen LogP contribution < -0.4 is 5.73 Å². The summed E-state index contributed by atoms with van der Waals surface area (Å²) in [5.41, 5.74) is 6.41. The molecule has 2 N–H and O–H groups in total. The monoisotopic (exact) mass is 267 g/mol. The molecule has 0 radical (unpaired) electrons. The maximum atomic E-state index is 12.1. The number of hydrogen-bond acceptors (Lipinski definition) is 4. The highest BCUT2D eigenvalue weighted by atomic mass is 32.2. The third kappa shape index (κ3) is 2.00. The molecule has 3 nitrogen and oxygen atoms in total. The maximum Gasteiger partial charge on any atom is 0.190 e. The van der Waals surface area contributed by atoms with Gasteiger partial charge in [0.25, 0.3) is 0 Å². The second-order valence-corrected chi connectivity index (χ2v) is 7.20. The van der Waals surface area contributed by atoms with Crippen molar-refractivity contribution >= 4 is 38.9 Å². The zero-order valence-corrected chi connectivity index (χ0v) is 11.0. The van der Waals surface area contributed by atoms with Crippen LogP contribution in [0.25, 0.3) is 10.8 Å². The molecule has 0 heterocycles. The summed E-state index contributed by atoms with van der Waals surface area (Å²) in [6, 6.07) is 10.4. The van der Waals surface area contributed by atoms with E-state index in [1.807, 2.05) is 12.1 Å². The van der Waals surface area contributed by atoms with E-state index in [4.69, 9.17) is 5.73 Å². The van der Waals surface area contributed by atoms with Crippen LogP contribution in [0.3, 0.4) is 0 Å². The van der Waals surface area contributed by atoms with E-state index in [1.165, 1.54) is 0 Å². The van der Waals surface area contributed by atoms with Crippen molar-refractivity contribution in [2.75, 3.05) is 5.73 Å². The van der Waals surface area contributed by atoms with Crippen LogP contribution in [0.4, 0.5) is 5.69 Å². The van der Waals surface area contributed by atoms with Crippen molar-refractivity contribution in [3.05, 3.63) is 36.4 Å². The van der Waals surface area contributed by atoms with Gasteiger partial charge in [0.15, 0.2) is 9.84 Å². The minimum absolute atomic E-state index is 0.282. The highest BCUT2D eigenvalue weighted by molar-refractivity contribution is 8.05. The summed E-state index contributed by atoms with van der Waals surface area (Å²) in [6.45, 7) is 1.55. The van der Waals surface area contributed by atoms with Crippen LogP contribution >= 0.6 is 12.6 Å². The molecule has 1 unspecified atom stereocenters. The number of rotatable bonds is 2. The Kier molecular flexibility index (Phi) is 3.05. The minimum Gasteiger partial charge on any atom is -0.398 e. The summed E-state index contributed by atoms with van der Waals surface area (Å²) >= 11 is 4.02. The topological polar surface area (TPSA) is 60.2 Å². The predicted molar refractivity (Wildman–Crippen MR) is 74.0 cm³/mol. The van der Waals surface area contributed by atoms with Crippen molar-refractivity contribution in [2.45, 2.75) is 16.4 Å². The van der Waals surface area contributed by atoms with Crippen molar-refractivity contribution in [3.8, 4) is 0 Å². The highest BCUT2D eigenvalue weighted by Crippen LogP contribution is 2.30. The Morgan fingerprint density at radius 3 is 2.29 bits per heavy atom. The average molecular weight is 267 g/mol. The van der Waals surface area contributed by atoms with Crippen LogP contribution in [0, 0.1) is 0 Å². The van der Waals surface area contributed by atoms with Gasteiger partial charge in [-0.25, -0.2) is 8.42 Å². The fraction of sp³-hybridized carbons (Fsp3) is 0.167. The molecule has 2 aromatic rings. The van der Waals surface area contributed by atoms with Gasteiger partial charge in [0.2, 0.25) is 0 Å². The van der Waals surface area contributed by atoms with Gasteiger partial charge < -0.3 is 5.73 Å². The fourth-order valence-electron chi connectivity index (χ4n) is 1.73.